The van der Waals surface area contributed by atoms with Gasteiger partial charge in [-0.05, 0) is 36.1 Å². The molecule has 5 nitrogen and oxygen atoms in total. The van der Waals surface area contributed by atoms with E-state index >= 15 is 0 Å². The lowest BCUT2D eigenvalue weighted by Gasteiger charge is -2.27. The fourth-order valence-electron chi connectivity index (χ4n) is 3.58. The minimum atomic E-state index is -1.31. The van der Waals surface area contributed by atoms with Gasteiger partial charge in [0.25, 0.3) is 5.91 Å². The predicted molar refractivity (Wildman–Crippen MR) is 113 cm³/mol. The molecule has 3 aromatic rings. The Morgan fingerprint density at radius 2 is 1.45 bits per heavy atom. The summed E-state index contributed by atoms with van der Waals surface area (Å²) in [7, 11) is 0. The van der Waals surface area contributed by atoms with Gasteiger partial charge >= 0.3 is 6.03 Å². The maximum Gasteiger partial charge on any atom is 0.346 e. The van der Waals surface area contributed by atoms with Crippen LogP contribution < -0.4 is 5.32 Å². The number of benzene rings is 3. The molecule has 0 bridgehead atoms. The van der Waals surface area contributed by atoms with E-state index in [1.54, 1.807) is 6.21 Å². The van der Waals surface area contributed by atoms with Crippen LogP contribution in [0.5, 0.6) is 0 Å². The molecule has 0 saturated carbocycles. The van der Waals surface area contributed by atoms with Crippen LogP contribution in [0.4, 0.5) is 4.79 Å². The number of nitrogens with zero attached hydrogens (tertiary/aromatic N) is 2. The van der Waals surface area contributed by atoms with Gasteiger partial charge < -0.3 is 5.32 Å². The van der Waals surface area contributed by atoms with Crippen molar-refractivity contribution in [2.24, 2.45) is 5.10 Å². The lowest BCUT2D eigenvalue weighted by Crippen LogP contribution is -2.44. The Bertz CT molecular complexity index is 1050. The third-order valence-electron chi connectivity index (χ3n) is 5.16. The van der Waals surface area contributed by atoms with E-state index in [-0.39, 0.29) is 0 Å². The Labute approximate surface area is 169 Å². The Kier molecular flexibility index (Phi) is 4.72. The van der Waals surface area contributed by atoms with Crippen molar-refractivity contribution in [2.75, 3.05) is 0 Å². The van der Waals surface area contributed by atoms with Gasteiger partial charge in [-0.3, -0.25) is 4.79 Å². The van der Waals surface area contributed by atoms with Gasteiger partial charge in [0.1, 0.15) is 0 Å². The minimum Gasteiger partial charge on any atom is -0.314 e. The summed E-state index contributed by atoms with van der Waals surface area (Å²) < 4.78 is 0. The Morgan fingerprint density at radius 3 is 2.03 bits per heavy atom. The number of imide groups is 1. The van der Waals surface area contributed by atoms with Gasteiger partial charge in [-0.25, -0.2) is 4.79 Å². The van der Waals surface area contributed by atoms with Gasteiger partial charge in [0.2, 0.25) is 0 Å². The molecule has 1 aliphatic heterocycles. The summed E-state index contributed by atoms with van der Waals surface area (Å²) in [6.07, 6.45) is 1.56. The van der Waals surface area contributed by atoms with Gasteiger partial charge in [-0.2, -0.15) is 5.10 Å². The second-order valence-electron chi connectivity index (χ2n) is 7.13. The highest BCUT2D eigenvalue weighted by Gasteiger charge is 2.54. The van der Waals surface area contributed by atoms with Crippen LogP contribution in [0.2, 0.25) is 0 Å². The maximum absolute atomic E-state index is 13.5. The van der Waals surface area contributed by atoms with Crippen LogP contribution in [-0.4, -0.2) is 23.2 Å². The van der Waals surface area contributed by atoms with Crippen molar-refractivity contribution in [1.29, 1.82) is 0 Å². The van der Waals surface area contributed by atoms with Crippen molar-refractivity contribution in [2.45, 2.75) is 19.4 Å². The lowest BCUT2D eigenvalue weighted by molar-refractivity contribution is -0.130. The molecule has 5 heteroatoms. The van der Waals surface area contributed by atoms with Crippen molar-refractivity contribution in [3.8, 4) is 0 Å². The highest BCUT2D eigenvalue weighted by atomic mass is 16.2. The zero-order valence-electron chi connectivity index (χ0n) is 16.3. The van der Waals surface area contributed by atoms with Crippen molar-refractivity contribution in [3.63, 3.8) is 0 Å². The Balaban J connectivity index is 1.78. The van der Waals surface area contributed by atoms with E-state index in [1.807, 2.05) is 92.7 Å². The molecule has 3 aromatic carbocycles. The molecule has 0 aromatic heterocycles. The number of rotatable bonds is 4. The van der Waals surface area contributed by atoms with E-state index in [1.165, 1.54) is 0 Å². The number of hydrogen-bond acceptors (Lipinski definition) is 3. The molecule has 0 atom stereocenters. The van der Waals surface area contributed by atoms with Crippen molar-refractivity contribution in [3.05, 3.63) is 107 Å². The molecule has 0 aliphatic carbocycles. The SMILES string of the molecule is Cc1ccc(C)c(/C=N\N2C(=O)NC(c3ccccc3)(c3ccccc3)C2=O)c1. The highest BCUT2D eigenvalue weighted by molar-refractivity contribution is 6.10. The second-order valence-corrected chi connectivity index (χ2v) is 7.13. The van der Waals surface area contributed by atoms with Gasteiger partial charge in [-0.15, -0.1) is 5.01 Å². The average Bonchev–Trinajstić information content (AvgIpc) is 3.01. The van der Waals surface area contributed by atoms with Crippen LogP contribution >= 0.6 is 0 Å². The predicted octanol–water partition coefficient (Wildman–Crippen LogP) is 4.13. The van der Waals surface area contributed by atoms with Gasteiger partial charge in [0.15, 0.2) is 5.54 Å². The van der Waals surface area contributed by atoms with Crippen LogP contribution in [0.15, 0.2) is 84.0 Å². The van der Waals surface area contributed by atoms with Crippen molar-refractivity contribution < 1.29 is 9.59 Å². The first kappa shape index (κ1) is 18.6. The first-order valence-electron chi connectivity index (χ1n) is 9.41. The van der Waals surface area contributed by atoms with E-state index in [0.29, 0.717) is 11.1 Å². The summed E-state index contributed by atoms with van der Waals surface area (Å²) in [6, 6.07) is 23.9. The van der Waals surface area contributed by atoms with Crippen LogP contribution in [0, 0.1) is 13.8 Å². The number of nitrogens with one attached hydrogen (secondary N) is 1. The van der Waals surface area contributed by atoms with Crippen molar-refractivity contribution >= 4 is 18.2 Å². The maximum atomic E-state index is 13.5. The molecule has 1 fully saturated rings. The summed E-state index contributed by atoms with van der Waals surface area (Å²) >= 11 is 0. The third-order valence-corrected chi connectivity index (χ3v) is 5.16. The summed E-state index contributed by atoms with van der Waals surface area (Å²) in [5.74, 6) is -0.429. The van der Waals surface area contributed by atoms with Crippen LogP contribution in [0.3, 0.4) is 0 Å². The molecule has 1 N–H and O–H groups in total. The molecule has 29 heavy (non-hydrogen) atoms. The van der Waals surface area contributed by atoms with Crippen molar-refractivity contribution in [1.82, 2.24) is 10.3 Å². The van der Waals surface area contributed by atoms with Gasteiger partial charge in [-0.1, -0.05) is 84.4 Å². The molecule has 0 radical (unpaired) electrons. The first-order valence-corrected chi connectivity index (χ1v) is 9.41. The molecule has 1 aliphatic rings. The molecule has 0 unspecified atom stereocenters. The number of urea groups is 1. The zero-order chi connectivity index (χ0) is 20.4. The molecular weight excluding hydrogens is 362 g/mol. The van der Waals surface area contributed by atoms with Crippen LogP contribution in [0.25, 0.3) is 0 Å². The molecule has 1 saturated heterocycles. The fourth-order valence-corrected chi connectivity index (χ4v) is 3.58. The number of carbonyl (C=O) groups excluding carboxylic acids is 2. The number of hydrazone groups is 1. The standard InChI is InChI=1S/C24H21N3O2/c1-17-13-14-18(2)19(15-17)16-25-27-22(28)24(26-23(27)29,20-9-5-3-6-10-20)21-11-7-4-8-12-21/h3-16H,1-2H3,(H,26,29)/b25-16-. The molecule has 1 heterocycles. The van der Waals surface area contributed by atoms with Gasteiger partial charge in [0.05, 0.1) is 6.21 Å². The lowest BCUT2D eigenvalue weighted by atomic mass is 9.83. The average molecular weight is 383 g/mol. The zero-order valence-corrected chi connectivity index (χ0v) is 16.3. The molecule has 0 spiro atoms. The summed E-state index contributed by atoms with van der Waals surface area (Å²) in [6.45, 7) is 3.95. The fraction of sp³-hybridized carbons (Fsp3) is 0.125. The summed E-state index contributed by atoms with van der Waals surface area (Å²) in [4.78, 5) is 26.3. The summed E-state index contributed by atoms with van der Waals surface area (Å²) in [5, 5.41) is 8.05. The summed E-state index contributed by atoms with van der Waals surface area (Å²) in [5.41, 5.74) is 3.03. The number of aryl methyl sites for hydroxylation is 2. The van der Waals surface area contributed by atoms with Gasteiger partial charge in [0, 0.05) is 0 Å². The smallest absolute Gasteiger partial charge is 0.314 e. The topological polar surface area (TPSA) is 61.8 Å². The monoisotopic (exact) mass is 383 g/mol. The molecular formula is C24H21N3O2. The molecule has 144 valence electrons. The normalized spacial score (nSPS) is 15.7. The van der Waals surface area contributed by atoms with E-state index in [4.69, 9.17) is 0 Å². The van der Waals surface area contributed by atoms with E-state index in [0.717, 1.165) is 21.7 Å². The quantitative estimate of drug-likeness (QED) is 0.544. The second kappa shape index (κ2) is 7.36. The first-order chi connectivity index (χ1) is 14.0. The Hall–Kier alpha value is -3.73. The van der Waals surface area contributed by atoms with E-state index in [9.17, 15) is 9.59 Å². The molecule has 3 amide bonds. The van der Waals surface area contributed by atoms with E-state index < -0.39 is 17.5 Å². The number of carbonyl (C=O) groups is 2. The van der Waals surface area contributed by atoms with Crippen LogP contribution in [0.1, 0.15) is 27.8 Å². The largest absolute Gasteiger partial charge is 0.346 e. The Morgan fingerprint density at radius 1 is 0.862 bits per heavy atom. The van der Waals surface area contributed by atoms with E-state index in [2.05, 4.69) is 10.4 Å². The number of amides is 3. The third kappa shape index (κ3) is 3.21. The van der Waals surface area contributed by atoms with Crippen LogP contribution in [-0.2, 0) is 10.3 Å². The molecule has 4 rings (SSSR count). The highest BCUT2D eigenvalue weighted by Crippen LogP contribution is 2.36. The minimum absolute atomic E-state index is 0.429. The number of hydrogen-bond donors (Lipinski definition) is 1.